The molecule has 0 aliphatic carbocycles. The number of pyridine rings is 1. The van der Waals surface area contributed by atoms with E-state index in [0.29, 0.717) is 21.6 Å². The minimum atomic E-state index is -0.294. The van der Waals surface area contributed by atoms with Crippen LogP contribution < -0.4 is 5.32 Å². The van der Waals surface area contributed by atoms with Crippen LogP contribution >= 0.6 is 23.2 Å². The van der Waals surface area contributed by atoms with Gasteiger partial charge < -0.3 is 5.32 Å². The van der Waals surface area contributed by atoms with Gasteiger partial charge in [-0.2, -0.15) is 0 Å². The third-order valence-corrected chi connectivity index (χ3v) is 3.89. The monoisotopic (exact) mass is 360 g/mol. The Morgan fingerprint density at radius 3 is 2.71 bits per heavy atom. The number of aryl methyl sites for hydroxylation is 1. The molecule has 2 aromatic heterocycles. The van der Waals surface area contributed by atoms with E-state index in [1.54, 1.807) is 22.9 Å². The molecule has 0 aliphatic heterocycles. The van der Waals surface area contributed by atoms with Crippen LogP contribution in [0.4, 0.5) is 5.82 Å². The first kappa shape index (κ1) is 16.5. The number of aromatic nitrogens is 3. The summed E-state index contributed by atoms with van der Waals surface area (Å²) in [4.78, 5) is 16.2. The molecular weight excluding hydrogens is 347 g/mol. The Morgan fingerprint density at radius 1 is 1.21 bits per heavy atom. The molecule has 2 heterocycles. The zero-order valence-corrected chi connectivity index (χ0v) is 14.3. The number of nitrogens with one attached hydrogen (secondary N) is 1. The molecule has 0 fully saturated rings. The quantitative estimate of drug-likeness (QED) is 0.701. The van der Waals surface area contributed by atoms with Crippen molar-refractivity contribution in [2.75, 3.05) is 5.32 Å². The molecule has 0 saturated heterocycles. The number of nitrogens with zero attached hydrogens (tertiary/aromatic N) is 3. The molecule has 0 saturated carbocycles. The third-order valence-electron chi connectivity index (χ3n) is 3.43. The van der Waals surface area contributed by atoms with E-state index < -0.39 is 0 Å². The molecule has 0 aliphatic rings. The maximum atomic E-state index is 12.3. The molecule has 1 N–H and O–H groups in total. The predicted molar refractivity (Wildman–Crippen MR) is 95.2 cm³/mol. The van der Waals surface area contributed by atoms with E-state index in [2.05, 4.69) is 15.4 Å². The van der Waals surface area contributed by atoms with Gasteiger partial charge in [0.15, 0.2) is 5.82 Å². The molecule has 0 radical (unpaired) electrons. The molecule has 1 aromatic carbocycles. The molecule has 0 atom stereocenters. The minimum absolute atomic E-state index is 0.294. The van der Waals surface area contributed by atoms with Gasteiger partial charge in [0.1, 0.15) is 5.15 Å². The van der Waals surface area contributed by atoms with Crippen molar-refractivity contribution in [2.45, 2.75) is 13.3 Å². The number of carbonyl (C=O) groups is 1. The van der Waals surface area contributed by atoms with Crippen LogP contribution in [0.15, 0.2) is 48.7 Å². The molecular formula is C17H14Cl2N4O. The predicted octanol–water partition coefficient (Wildman–Crippen LogP) is 4.39. The van der Waals surface area contributed by atoms with Gasteiger partial charge in [-0.1, -0.05) is 36.2 Å². The Bertz CT molecular complexity index is 875. The average molecular weight is 361 g/mol. The number of hydrogen-bond acceptors (Lipinski definition) is 3. The van der Waals surface area contributed by atoms with Gasteiger partial charge >= 0.3 is 0 Å². The van der Waals surface area contributed by atoms with Gasteiger partial charge in [0, 0.05) is 23.0 Å². The summed E-state index contributed by atoms with van der Waals surface area (Å²) in [6, 6.07) is 12.4. The number of rotatable bonds is 4. The lowest BCUT2D eigenvalue weighted by atomic mass is 10.2. The van der Waals surface area contributed by atoms with E-state index in [0.717, 1.165) is 17.8 Å². The Balaban J connectivity index is 1.87. The average Bonchev–Trinajstić information content (AvgIpc) is 2.98. The summed E-state index contributed by atoms with van der Waals surface area (Å²) in [6.45, 7) is 2.02. The summed E-state index contributed by atoms with van der Waals surface area (Å²) in [5.41, 5.74) is 2.21. The summed E-state index contributed by atoms with van der Waals surface area (Å²) < 4.78 is 1.77. The number of carbonyl (C=O) groups excluding carboxylic acids is 1. The fraction of sp³-hybridized carbons (Fsp3) is 0.118. The lowest BCUT2D eigenvalue weighted by Crippen LogP contribution is -2.12. The van der Waals surface area contributed by atoms with Gasteiger partial charge in [0.25, 0.3) is 5.91 Å². The van der Waals surface area contributed by atoms with Gasteiger partial charge in [-0.15, -0.1) is 5.10 Å². The van der Waals surface area contributed by atoms with Gasteiger partial charge in [0.2, 0.25) is 0 Å². The van der Waals surface area contributed by atoms with E-state index in [9.17, 15) is 4.79 Å². The van der Waals surface area contributed by atoms with Gasteiger partial charge in [-0.05, 0) is 36.8 Å². The van der Waals surface area contributed by atoms with Crippen molar-refractivity contribution in [1.82, 2.24) is 14.8 Å². The molecule has 122 valence electrons. The van der Waals surface area contributed by atoms with Crippen molar-refractivity contribution in [3.8, 4) is 5.69 Å². The van der Waals surface area contributed by atoms with Crippen molar-refractivity contribution in [3.63, 3.8) is 0 Å². The second-order valence-electron chi connectivity index (χ2n) is 5.09. The molecule has 5 nitrogen and oxygen atoms in total. The second kappa shape index (κ2) is 7.03. The first-order valence-corrected chi connectivity index (χ1v) is 8.10. The van der Waals surface area contributed by atoms with E-state index in [-0.39, 0.29) is 5.91 Å². The van der Waals surface area contributed by atoms with Gasteiger partial charge in [-0.25, -0.2) is 9.67 Å². The molecule has 0 unspecified atom stereocenters. The number of benzene rings is 1. The first-order chi connectivity index (χ1) is 11.6. The molecule has 0 spiro atoms. The van der Waals surface area contributed by atoms with Crippen LogP contribution in [0.3, 0.4) is 0 Å². The first-order valence-electron chi connectivity index (χ1n) is 7.34. The fourth-order valence-corrected chi connectivity index (χ4v) is 2.56. The lowest BCUT2D eigenvalue weighted by Gasteiger charge is -2.05. The van der Waals surface area contributed by atoms with E-state index in [4.69, 9.17) is 23.2 Å². The summed E-state index contributed by atoms with van der Waals surface area (Å²) in [7, 11) is 0. The lowest BCUT2D eigenvalue weighted by molar-refractivity contribution is 0.102. The number of amides is 1. The smallest absolute Gasteiger partial charge is 0.258 e. The highest BCUT2D eigenvalue weighted by molar-refractivity contribution is 6.30. The molecule has 7 heteroatoms. The molecule has 3 rings (SSSR count). The van der Waals surface area contributed by atoms with E-state index in [1.807, 2.05) is 31.2 Å². The van der Waals surface area contributed by atoms with Crippen molar-refractivity contribution < 1.29 is 4.79 Å². The normalized spacial score (nSPS) is 10.6. The SMILES string of the molecule is CCc1cc(NC(=O)c2ccc(Cl)nc2)nn1-c1cccc(Cl)c1. The summed E-state index contributed by atoms with van der Waals surface area (Å²) in [6.07, 6.45) is 2.18. The molecule has 1 amide bonds. The largest absolute Gasteiger partial charge is 0.305 e. The van der Waals surface area contributed by atoms with Gasteiger partial charge in [0.05, 0.1) is 11.3 Å². The molecule has 3 aromatic rings. The Hall–Kier alpha value is -2.37. The maximum absolute atomic E-state index is 12.3. The van der Waals surface area contributed by atoms with Gasteiger partial charge in [-0.3, -0.25) is 4.79 Å². The van der Waals surface area contributed by atoms with Crippen molar-refractivity contribution >= 4 is 34.9 Å². The van der Waals surface area contributed by atoms with Crippen LogP contribution in [-0.4, -0.2) is 20.7 Å². The van der Waals surface area contributed by atoms with E-state index >= 15 is 0 Å². The van der Waals surface area contributed by atoms with Crippen LogP contribution in [0, 0.1) is 0 Å². The zero-order chi connectivity index (χ0) is 17.1. The summed E-state index contributed by atoms with van der Waals surface area (Å²) in [5.74, 6) is 0.171. The summed E-state index contributed by atoms with van der Waals surface area (Å²) >= 11 is 11.8. The van der Waals surface area contributed by atoms with Crippen molar-refractivity contribution in [1.29, 1.82) is 0 Å². The highest BCUT2D eigenvalue weighted by atomic mass is 35.5. The van der Waals surface area contributed by atoms with Crippen molar-refractivity contribution in [2.24, 2.45) is 0 Å². The third kappa shape index (κ3) is 3.58. The van der Waals surface area contributed by atoms with Crippen LogP contribution in [-0.2, 0) is 6.42 Å². The Labute approximate surface area is 149 Å². The number of anilines is 1. The standard InChI is InChI=1S/C17H14Cl2N4O/c1-2-13-9-16(21-17(24)11-6-7-15(19)20-10-11)22-23(13)14-5-3-4-12(18)8-14/h3-10H,2H2,1H3,(H,21,22,24). The highest BCUT2D eigenvalue weighted by Gasteiger charge is 2.12. The number of halogens is 2. The molecule has 24 heavy (non-hydrogen) atoms. The fourth-order valence-electron chi connectivity index (χ4n) is 2.26. The minimum Gasteiger partial charge on any atom is -0.305 e. The van der Waals surface area contributed by atoms with E-state index in [1.165, 1.54) is 6.20 Å². The Kier molecular flexibility index (Phi) is 4.83. The van der Waals surface area contributed by atoms with Crippen LogP contribution in [0.2, 0.25) is 10.2 Å². The molecule has 0 bridgehead atoms. The van der Waals surface area contributed by atoms with Crippen LogP contribution in [0.25, 0.3) is 5.69 Å². The van der Waals surface area contributed by atoms with Crippen LogP contribution in [0.5, 0.6) is 0 Å². The Morgan fingerprint density at radius 2 is 2.04 bits per heavy atom. The highest BCUT2D eigenvalue weighted by Crippen LogP contribution is 2.20. The van der Waals surface area contributed by atoms with Crippen molar-refractivity contribution in [3.05, 3.63) is 70.1 Å². The number of hydrogen-bond donors (Lipinski definition) is 1. The zero-order valence-electron chi connectivity index (χ0n) is 12.8. The maximum Gasteiger partial charge on any atom is 0.258 e. The topological polar surface area (TPSA) is 59.8 Å². The summed E-state index contributed by atoms with van der Waals surface area (Å²) in [5, 5.41) is 8.19. The second-order valence-corrected chi connectivity index (χ2v) is 5.91. The van der Waals surface area contributed by atoms with Crippen LogP contribution in [0.1, 0.15) is 23.0 Å².